The predicted molar refractivity (Wildman–Crippen MR) is 127 cm³/mol. The van der Waals surface area contributed by atoms with Crippen LogP contribution in [0.1, 0.15) is 10.4 Å². The van der Waals surface area contributed by atoms with E-state index in [4.69, 9.17) is 11.6 Å². The molecule has 30 heavy (non-hydrogen) atoms. The van der Waals surface area contributed by atoms with Crippen LogP contribution in [0.2, 0.25) is 5.02 Å². The van der Waals surface area contributed by atoms with Crippen molar-refractivity contribution in [2.75, 3.05) is 32.5 Å². The lowest BCUT2D eigenvalue weighted by Crippen LogP contribution is -2.34. The van der Waals surface area contributed by atoms with Crippen LogP contribution < -0.4 is 5.32 Å². The van der Waals surface area contributed by atoms with Crippen LogP contribution in [0, 0.1) is 0 Å². The van der Waals surface area contributed by atoms with E-state index in [0.29, 0.717) is 18.1 Å². The van der Waals surface area contributed by atoms with Crippen LogP contribution in [-0.4, -0.2) is 52.9 Å². The van der Waals surface area contributed by atoms with Crippen molar-refractivity contribution in [3.8, 4) is 0 Å². The molecular formula is C21H21BrClN5OS. The summed E-state index contributed by atoms with van der Waals surface area (Å²) in [4.78, 5) is 27.5. The van der Waals surface area contributed by atoms with Crippen molar-refractivity contribution in [2.24, 2.45) is 0 Å². The van der Waals surface area contributed by atoms with Crippen molar-refractivity contribution in [3.05, 3.63) is 56.6 Å². The first-order valence-electron chi connectivity index (χ1n) is 9.50. The number of hydrogen-bond acceptors (Lipinski definition) is 6. The number of nitrogens with one attached hydrogen (secondary N) is 1. The van der Waals surface area contributed by atoms with Crippen LogP contribution in [0.15, 0.2) is 41.2 Å². The Morgan fingerprint density at radius 1 is 1.40 bits per heavy atom. The van der Waals surface area contributed by atoms with Gasteiger partial charge in [0, 0.05) is 34.2 Å². The Morgan fingerprint density at radius 2 is 2.23 bits per heavy atom. The molecule has 1 N–H and O–H groups in total. The normalized spacial score (nSPS) is 14.0. The lowest BCUT2D eigenvalue weighted by molar-refractivity contribution is -0.126. The molecule has 4 rings (SSSR count). The SMILES string of the molecule is CN(C)C/C=C/C(=O)N1CCc2c(sc3ncnc(Nc4ccc(Br)c(Cl)c4)c23)C1. The van der Waals surface area contributed by atoms with E-state index in [1.807, 2.05) is 48.2 Å². The highest BCUT2D eigenvalue weighted by Crippen LogP contribution is 2.38. The number of halogens is 2. The molecule has 0 saturated carbocycles. The summed E-state index contributed by atoms with van der Waals surface area (Å²) in [5, 5.41) is 5.05. The summed E-state index contributed by atoms with van der Waals surface area (Å²) in [5.74, 6) is 0.815. The lowest BCUT2D eigenvalue weighted by Gasteiger charge is -2.26. The average molecular weight is 507 g/mol. The van der Waals surface area contributed by atoms with E-state index in [0.717, 1.165) is 39.2 Å². The summed E-state index contributed by atoms with van der Waals surface area (Å²) in [6.45, 7) is 2.03. The van der Waals surface area contributed by atoms with Gasteiger partial charge >= 0.3 is 0 Å². The Morgan fingerprint density at radius 3 is 3.00 bits per heavy atom. The molecule has 9 heteroatoms. The topological polar surface area (TPSA) is 61.4 Å². The van der Waals surface area contributed by atoms with Crippen molar-refractivity contribution in [1.82, 2.24) is 19.8 Å². The van der Waals surface area contributed by atoms with E-state index >= 15 is 0 Å². The molecule has 1 aliphatic rings. The minimum atomic E-state index is 0.0499. The number of rotatable bonds is 5. The third kappa shape index (κ3) is 4.51. The Bertz CT molecular complexity index is 1130. The van der Waals surface area contributed by atoms with Crippen molar-refractivity contribution >= 4 is 66.5 Å². The minimum Gasteiger partial charge on any atom is -0.340 e. The first-order valence-corrected chi connectivity index (χ1v) is 11.5. The van der Waals surface area contributed by atoms with Gasteiger partial charge < -0.3 is 15.1 Å². The number of benzene rings is 1. The number of likely N-dealkylation sites (N-methyl/N-ethyl adjacent to an activating group) is 1. The maximum absolute atomic E-state index is 12.5. The molecule has 1 amide bonds. The Kier molecular flexibility index (Phi) is 6.38. The molecule has 0 spiro atoms. The molecule has 2 aromatic heterocycles. The molecule has 3 heterocycles. The van der Waals surface area contributed by atoms with Crippen molar-refractivity contribution < 1.29 is 4.79 Å². The van der Waals surface area contributed by atoms with Crippen LogP contribution in [0.25, 0.3) is 10.2 Å². The van der Waals surface area contributed by atoms with Gasteiger partial charge in [-0.1, -0.05) is 17.7 Å². The number of thiophene rings is 1. The second kappa shape index (κ2) is 9.01. The van der Waals surface area contributed by atoms with Gasteiger partial charge in [-0.25, -0.2) is 9.97 Å². The number of anilines is 2. The highest BCUT2D eigenvalue weighted by atomic mass is 79.9. The van der Waals surface area contributed by atoms with Crippen molar-refractivity contribution in [3.63, 3.8) is 0 Å². The molecule has 156 valence electrons. The van der Waals surface area contributed by atoms with Crippen molar-refractivity contribution in [2.45, 2.75) is 13.0 Å². The third-order valence-electron chi connectivity index (χ3n) is 4.86. The minimum absolute atomic E-state index is 0.0499. The van der Waals surface area contributed by atoms with Gasteiger partial charge in [-0.15, -0.1) is 11.3 Å². The molecule has 1 aromatic carbocycles. The van der Waals surface area contributed by atoms with Gasteiger partial charge in [-0.2, -0.15) is 0 Å². The number of hydrogen-bond donors (Lipinski definition) is 1. The number of carbonyl (C=O) groups excluding carboxylic acids is 1. The summed E-state index contributed by atoms with van der Waals surface area (Å²) in [6.07, 6.45) is 5.92. The van der Waals surface area contributed by atoms with E-state index in [-0.39, 0.29) is 5.91 Å². The highest BCUT2D eigenvalue weighted by Gasteiger charge is 2.25. The molecule has 0 atom stereocenters. The fraction of sp³-hybridized carbons (Fsp3) is 0.286. The zero-order valence-corrected chi connectivity index (χ0v) is 19.8. The molecule has 0 radical (unpaired) electrons. The van der Waals surface area contributed by atoms with E-state index in [9.17, 15) is 4.79 Å². The smallest absolute Gasteiger partial charge is 0.246 e. The standard InChI is InChI=1S/C21H21BrClN5OS/c1-27(2)8-3-4-18(29)28-9-7-14-17(11-28)30-21-19(14)20(24-12-25-21)26-13-5-6-15(22)16(23)10-13/h3-6,10,12H,7-9,11H2,1-2H3,(H,24,25,26)/b4-3+. The number of aromatic nitrogens is 2. The maximum atomic E-state index is 12.5. The van der Waals surface area contributed by atoms with Crippen LogP contribution in [-0.2, 0) is 17.8 Å². The quantitative estimate of drug-likeness (QED) is 0.501. The van der Waals surface area contributed by atoms with Gasteiger partial charge in [0.2, 0.25) is 5.91 Å². The molecule has 0 unspecified atom stereocenters. The van der Waals surface area contributed by atoms with Gasteiger partial charge in [0.15, 0.2) is 0 Å². The second-order valence-electron chi connectivity index (χ2n) is 7.33. The largest absolute Gasteiger partial charge is 0.340 e. The maximum Gasteiger partial charge on any atom is 0.246 e. The Hall–Kier alpha value is -2.00. The molecule has 1 aliphatic heterocycles. The molecule has 3 aromatic rings. The zero-order valence-electron chi connectivity index (χ0n) is 16.7. The summed E-state index contributed by atoms with van der Waals surface area (Å²) in [5.41, 5.74) is 2.09. The van der Waals surface area contributed by atoms with Crippen LogP contribution >= 0.6 is 38.9 Å². The van der Waals surface area contributed by atoms with Gasteiger partial charge in [0.1, 0.15) is 17.0 Å². The van der Waals surface area contributed by atoms with Crippen LogP contribution in [0.4, 0.5) is 11.5 Å². The number of fused-ring (bicyclic) bond motifs is 3. The van der Waals surface area contributed by atoms with E-state index < -0.39 is 0 Å². The first-order chi connectivity index (χ1) is 14.4. The van der Waals surface area contributed by atoms with E-state index in [2.05, 4.69) is 31.2 Å². The van der Waals surface area contributed by atoms with Gasteiger partial charge in [0.25, 0.3) is 0 Å². The monoisotopic (exact) mass is 505 g/mol. The van der Waals surface area contributed by atoms with Crippen LogP contribution in [0.5, 0.6) is 0 Å². The van der Waals surface area contributed by atoms with Gasteiger partial charge in [0.05, 0.1) is 17.0 Å². The average Bonchev–Trinajstić information content (AvgIpc) is 3.09. The number of nitrogens with zero attached hydrogens (tertiary/aromatic N) is 4. The summed E-state index contributed by atoms with van der Waals surface area (Å²) >= 11 is 11.3. The van der Waals surface area contributed by atoms with E-state index in [1.54, 1.807) is 23.7 Å². The molecular weight excluding hydrogens is 486 g/mol. The Balaban J connectivity index is 1.59. The van der Waals surface area contributed by atoms with Gasteiger partial charge in [-0.3, -0.25) is 4.79 Å². The first kappa shape index (κ1) is 21.2. The van der Waals surface area contributed by atoms with Gasteiger partial charge in [-0.05, 0) is 60.2 Å². The second-order valence-corrected chi connectivity index (χ2v) is 9.68. The fourth-order valence-corrected chi connectivity index (χ4v) is 5.02. The fourth-order valence-electron chi connectivity index (χ4n) is 3.39. The molecule has 0 aliphatic carbocycles. The third-order valence-corrected chi connectivity index (χ3v) is 7.22. The molecule has 0 fully saturated rings. The zero-order chi connectivity index (χ0) is 21.3. The molecule has 0 saturated heterocycles. The molecule has 0 bridgehead atoms. The summed E-state index contributed by atoms with van der Waals surface area (Å²) < 4.78 is 0.847. The Labute approximate surface area is 192 Å². The number of carbonyl (C=O) groups is 1. The predicted octanol–water partition coefficient (Wildman–Crippen LogP) is 4.85. The summed E-state index contributed by atoms with van der Waals surface area (Å²) in [6, 6.07) is 5.71. The molecule has 6 nitrogen and oxygen atoms in total. The van der Waals surface area contributed by atoms with Crippen molar-refractivity contribution in [1.29, 1.82) is 0 Å². The van der Waals surface area contributed by atoms with Crippen LogP contribution in [0.3, 0.4) is 0 Å². The summed E-state index contributed by atoms with van der Waals surface area (Å²) in [7, 11) is 3.96. The highest BCUT2D eigenvalue weighted by molar-refractivity contribution is 9.10. The van der Waals surface area contributed by atoms with E-state index in [1.165, 1.54) is 10.4 Å². The number of amides is 1. The lowest BCUT2D eigenvalue weighted by atomic mass is 10.0.